The highest BCUT2D eigenvalue weighted by Crippen LogP contribution is 2.28. The molecule has 0 unspecified atom stereocenters. The van der Waals surface area contributed by atoms with E-state index in [0.717, 1.165) is 16.8 Å². The van der Waals surface area contributed by atoms with Crippen molar-refractivity contribution in [3.63, 3.8) is 0 Å². The SMILES string of the molecule is COc1ccc(/C=C/C(=O)c2cccc(-n3cc(-c4cc(C)c(C)c(C)c4)[nH]c3=O)c2)cc1OC. The van der Waals surface area contributed by atoms with Crippen LogP contribution < -0.4 is 15.2 Å². The summed E-state index contributed by atoms with van der Waals surface area (Å²) in [5, 5.41) is 0. The Labute approximate surface area is 204 Å². The lowest BCUT2D eigenvalue weighted by Gasteiger charge is -2.08. The van der Waals surface area contributed by atoms with Crippen molar-refractivity contribution in [3.05, 3.63) is 105 Å². The van der Waals surface area contributed by atoms with Crippen molar-refractivity contribution in [2.24, 2.45) is 0 Å². The van der Waals surface area contributed by atoms with Crippen LogP contribution in [0.4, 0.5) is 0 Å². The number of carbonyl (C=O) groups is 1. The Morgan fingerprint density at radius 3 is 2.31 bits per heavy atom. The maximum atomic E-state index is 12.9. The molecular formula is C29H28N2O4. The van der Waals surface area contributed by atoms with Crippen LogP contribution in [0.5, 0.6) is 11.5 Å². The van der Waals surface area contributed by atoms with Gasteiger partial charge in [0.25, 0.3) is 0 Å². The normalized spacial score (nSPS) is 11.1. The second kappa shape index (κ2) is 9.89. The lowest BCUT2D eigenvalue weighted by molar-refractivity contribution is 0.104. The van der Waals surface area contributed by atoms with Crippen LogP contribution in [-0.2, 0) is 0 Å². The monoisotopic (exact) mass is 468 g/mol. The van der Waals surface area contributed by atoms with Crippen LogP contribution in [0.3, 0.4) is 0 Å². The first kappa shape index (κ1) is 23.8. The molecule has 6 nitrogen and oxygen atoms in total. The fourth-order valence-corrected chi connectivity index (χ4v) is 3.96. The van der Waals surface area contributed by atoms with Crippen molar-refractivity contribution in [2.75, 3.05) is 14.2 Å². The predicted molar refractivity (Wildman–Crippen MR) is 139 cm³/mol. The molecule has 35 heavy (non-hydrogen) atoms. The van der Waals surface area contributed by atoms with E-state index >= 15 is 0 Å². The summed E-state index contributed by atoms with van der Waals surface area (Å²) in [6, 6.07) is 16.6. The van der Waals surface area contributed by atoms with E-state index in [9.17, 15) is 9.59 Å². The van der Waals surface area contributed by atoms with E-state index < -0.39 is 0 Å². The third-order valence-electron chi connectivity index (χ3n) is 6.20. The van der Waals surface area contributed by atoms with E-state index in [2.05, 4.69) is 37.9 Å². The molecule has 3 aromatic carbocycles. The summed E-state index contributed by atoms with van der Waals surface area (Å²) >= 11 is 0. The van der Waals surface area contributed by atoms with Gasteiger partial charge in [0.05, 0.1) is 25.6 Å². The number of allylic oxidation sites excluding steroid dienone is 1. The highest BCUT2D eigenvalue weighted by molar-refractivity contribution is 6.07. The minimum absolute atomic E-state index is 0.171. The topological polar surface area (TPSA) is 73.3 Å². The number of nitrogens with zero attached hydrogens (tertiary/aromatic N) is 1. The zero-order valence-electron chi connectivity index (χ0n) is 20.5. The first-order chi connectivity index (χ1) is 16.8. The minimum atomic E-state index is -0.263. The number of methoxy groups -OCH3 is 2. The number of ketones is 1. The van der Waals surface area contributed by atoms with Crippen molar-refractivity contribution in [1.29, 1.82) is 0 Å². The number of ether oxygens (including phenoxy) is 2. The number of carbonyl (C=O) groups excluding carboxylic acids is 1. The van der Waals surface area contributed by atoms with Gasteiger partial charge >= 0.3 is 5.69 Å². The van der Waals surface area contributed by atoms with Crippen LogP contribution in [0, 0.1) is 20.8 Å². The zero-order valence-corrected chi connectivity index (χ0v) is 20.5. The number of aryl methyl sites for hydroxylation is 2. The summed E-state index contributed by atoms with van der Waals surface area (Å²) in [7, 11) is 3.14. The molecule has 0 radical (unpaired) electrons. The molecule has 0 saturated carbocycles. The van der Waals surface area contributed by atoms with Crippen LogP contribution >= 0.6 is 0 Å². The fourth-order valence-electron chi connectivity index (χ4n) is 3.96. The number of rotatable bonds is 7. The Kier molecular flexibility index (Phi) is 6.73. The molecule has 0 aliphatic carbocycles. The Bertz CT molecular complexity index is 1470. The van der Waals surface area contributed by atoms with E-state index in [0.29, 0.717) is 22.7 Å². The third kappa shape index (κ3) is 4.96. The third-order valence-corrected chi connectivity index (χ3v) is 6.20. The largest absolute Gasteiger partial charge is 0.493 e. The van der Waals surface area contributed by atoms with Gasteiger partial charge in [-0.1, -0.05) is 24.3 Å². The number of hydrogen-bond acceptors (Lipinski definition) is 4. The molecule has 0 aliphatic rings. The van der Waals surface area contributed by atoms with Gasteiger partial charge in [-0.25, -0.2) is 4.79 Å². The average Bonchev–Trinajstić information content (AvgIpc) is 3.26. The molecule has 0 atom stereocenters. The Morgan fingerprint density at radius 2 is 1.63 bits per heavy atom. The molecule has 1 heterocycles. The first-order valence-corrected chi connectivity index (χ1v) is 11.3. The number of benzene rings is 3. The summed E-state index contributed by atoms with van der Waals surface area (Å²) in [5.41, 5.74) is 6.90. The molecule has 1 N–H and O–H groups in total. The second-order valence-electron chi connectivity index (χ2n) is 8.44. The molecule has 178 valence electrons. The maximum absolute atomic E-state index is 12.9. The number of aromatic amines is 1. The van der Waals surface area contributed by atoms with Crippen molar-refractivity contribution in [3.8, 4) is 28.4 Å². The smallest absolute Gasteiger partial charge is 0.330 e. The number of hydrogen-bond donors (Lipinski definition) is 1. The highest BCUT2D eigenvalue weighted by Gasteiger charge is 2.11. The second-order valence-corrected chi connectivity index (χ2v) is 8.44. The van der Waals surface area contributed by atoms with Crippen molar-refractivity contribution in [1.82, 2.24) is 9.55 Å². The average molecular weight is 469 g/mol. The molecule has 4 rings (SSSR count). The Morgan fingerprint density at radius 1 is 0.914 bits per heavy atom. The summed E-state index contributed by atoms with van der Waals surface area (Å²) in [6.45, 7) is 6.21. The van der Waals surface area contributed by atoms with Gasteiger partial charge in [0.1, 0.15) is 0 Å². The van der Waals surface area contributed by atoms with E-state index in [1.807, 2.05) is 6.07 Å². The van der Waals surface area contributed by atoms with Crippen LogP contribution in [-0.4, -0.2) is 29.6 Å². The van der Waals surface area contributed by atoms with E-state index in [1.54, 1.807) is 62.9 Å². The Hall–Kier alpha value is -4.32. The van der Waals surface area contributed by atoms with Gasteiger partial charge in [0.15, 0.2) is 17.3 Å². The summed E-state index contributed by atoms with van der Waals surface area (Å²) in [4.78, 5) is 28.5. The Balaban J connectivity index is 1.61. The first-order valence-electron chi connectivity index (χ1n) is 11.3. The minimum Gasteiger partial charge on any atom is -0.493 e. The number of aromatic nitrogens is 2. The molecule has 0 amide bonds. The van der Waals surface area contributed by atoms with Crippen LogP contribution in [0.2, 0.25) is 0 Å². The molecule has 0 aliphatic heterocycles. The molecular weight excluding hydrogens is 440 g/mol. The number of H-pyrrole nitrogens is 1. The van der Waals surface area contributed by atoms with Gasteiger partial charge in [-0.15, -0.1) is 0 Å². The van der Waals surface area contributed by atoms with Gasteiger partial charge in [-0.05, 0) is 85.5 Å². The van der Waals surface area contributed by atoms with Crippen LogP contribution in [0.15, 0.2) is 71.7 Å². The van der Waals surface area contributed by atoms with Gasteiger partial charge in [0, 0.05) is 17.3 Å². The summed E-state index contributed by atoms with van der Waals surface area (Å²) < 4.78 is 12.1. The summed E-state index contributed by atoms with van der Waals surface area (Å²) in [5.74, 6) is 1.04. The zero-order chi connectivity index (χ0) is 25.1. The van der Waals surface area contributed by atoms with E-state index in [-0.39, 0.29) is 11.5 Å². The molecule has 4 aromatic rings. The maximum Gasteiger partial charge on any atom is 0.330 e. The fraction of sp³-hybridized carbons (Fsp3) is 0.172. The molecule has 1 aromatic heterocycles. The van der Waals surface area contributed by atoms with Gasteiger partial charge in [-0.2, -0.15) is 0 Å². The van der Waals surface area contributed by atoms with E-state index in [1.165, 1.54) is 27.3 Å². The highest BCUT2D eigenvalue weighted by atomic mass is 16.5. The van der Waals surface area contributed by atoms with Crippen LogP contribution in [0.1, 0.15) is 32.6 Å². The van der Waals surface area contributed by atoms with Gasteiger partial charge in [0.2, 0.25) is 0 Å². The molecule has 0 bridgehead atoms. The molecule has 0 saturated heterocycles. The van der Waals surface area contributed by atoms with Crippen LogP contribution in [0.25, 0.3) is 23.0 Å². The quantitative estimate of drug-likeness (QED) is 0.280. The molecule has 6 heteroatoms. The summed E-state index contributed by atoms with van der Waals surface area (Å²) in [6.07, 6.45) is 5.00. The van der Waals surface area contributed by atoms with Crippen molar-refractivity contribution >= 4 is 11.9 Å². The van der Waals surface area contributed by atoms with Gasteiger partial charge in [-0.3, -0.25) is 9.36 Å². The predicted octanol–water partition coefficient (Wildman–Crippen LogP) is 5.67. The standard InChI is InChI=1S/C29H28N2O4/c1-18-13-23(14-19(2)20(18)3)25-17-31(29(33)30-25)24-8-6-7-22(16-24)26(32)11-9-21-10-12-27(34-4)28(15-21)35-5/h6-17H,1-5H3,(H,30,33)/b11-9+. The lowest BCUT2D eigenvalue weighted by atomic mass is 9.99. The molecule has 0 spiro atoms. The van der Waals surface area contributed by atoms with Gasteiger partial charge < -0.3 is 14.5 Å². The van der Waals surface area contributed by atoms with Crippen molar-refractivity contribution in [2.45, 2.75) is 20.8 Å². The molecule has 0 fully saturated rings. The van der Waals surface area contributed by atoms with Crippen molar-refractivity contribution < 1.29 is 14.3 Å². The number of nitrogens with one attached hydrogen (secondary N) is 1. The number of imidazole rings is 1. The van der Waals surface area contributed by atoms with E-state index in [4.69, 9.17) is 9.47 Å². The lowest BCUT2D eigenvalue weighted by Crippen LogP contribution is -2.14.